The second-order valence-corrected chi connectivity index (χ2v) is 6.28. The SMILES string of the molecule is CC(C)c1ccc(Cc2ccccc2)c(-c2ccc(O)cc2)c1. The van der Waals surface area contributed by atoms with Crippen LogP contribution < -0.4 is 0 Å². The van der Waals surface area contributed by atoms with E-state index in [0.717, 1.165) is 12.0 Å². The van der Waals surface area contributed by atoms with Crippen LogP contribution in [-0.4, -0.2) is 5.11 Å². The molecule has 3 aromatic carbocycles. The molecule has 0 heterocycles. The highest BCUT2D eigenvalue weighted by Gasteiger charge is 2.09. The van der Waals surface area contributed by atoms with Crippen molar-refractivity contribution in [3.8, 4) is 16.9 Å². The van der Waals surface area contributed by atoms with E-state index in [4.69, 9.17) is 0 Å². The minimum atomic E-state index is 0.304. The van der Waals surface area contributed by atoms with Crippen molar-refractivity contribution in [2.24, 2.45) is 0 Å². The smallest absolute Gasteiger partial charge is 0.115 e. The summed E-state index contributed by atoms with van der Waals surface area (Å²) in [7, 11) is 0. The van der Waals surface area contributed by atoms with Gasteiger partial charge in [-0.15, -0.1) is 0 Å². The molecule has 116 valence electrons. The largest absolute Gasteiger partial charge is 0.508 e. The molecule has 1 heteroatoms. The molecule has 0 aliphatic rings. The van der Waals surface area contributed by atoms with Gasteiger partial charge < -0.3 is 5.11 Å². The van der Waals surface area contributed by atoms with Gasteiger partial charge in [0.1, 0.15) is 5.75 Å². The third-order valence-corrected chi connectivity index (χ3v) is 4.22. The molecule has 0 unspecified atom stereocenters. The summed E-state index contributed by atoms with van der Waals surface area (Å²) in [5.41, 5.74) is 6.36. The van der Waals surface area contributed by atoms with Gasteiger partial charge in [0.05, 0.1) is 0 Å². The molecule has 23 heavy (non-hydrogen) atoms. The Hall–Kier alpha value is -2.54. The van der Waals surface area contributed by atoms with Crippen LogP contribution in [0.4, 0.5) is 0 Å². The zero-order chi connectivity index (χ0) is 16.2. The molecule has 1 nitrogen and oxygen atoms in total. The Morgan fingerprint density at radius 2 is 1.52 bits per heavy atom. The molecule has 0 saturated carbocycles. The summed E-state index contributed by atoms with van der Waals surface area (Å²) >= 11 is 0. The average Bonchev–Trinajstić information content (AvgIpc) is 2.57. The van der Waals surface area contributed by atoms with Gasteiger partial charge in [0.2, 0.25) is 0 Å². The molecule has 3 rings (SSSR count). The van der Waals surface area contributed by atoms with Crippen molar-refractivity contribution in [3.05, 3.63) is 89.5 Å². The Kier molecular flexibility index (Phi) is 4.47. The predicted octanol–water partition coefficient (Wildman–Crippen LogP) is 5.77. The van der Waals surface area contributed by atoms with Gasteiger partial charge in [-0.25, -0.2) is 0 Å². The van der Waals surface area contributed by atoms with Gasteiger partial charge in [0.25, 0.3) is 0 Å². The molecule has 1 N–H and O–H groups in total. The van der Waals surface area contributed by atoms with Crippen molar-refractivity contribution >= 4 is 0 Å². The number of aromatic hydroxyl groups is 1. The van der Waals surface area contributed by atoms with E-state index >= 15 is 0 Å². The first kappa shape index (κ1) is 15.4. The lowest BCUT2D eigenvalue weighted by molar-refractivity contribution is 0.475. The molecule has 0 radical (unpaired) electrons. The molecule has 0 amide bonds. The van der Waals surface area contributed by atoms with Crippen molar-refractivity contribution < 1.29 is 5.11 Å². The van der Waals surface area contributed by atoms with Crippen LogP contribution in [0.5, 0.6) is 5.75 Å². The fraction of sp³-hybridized carbons (Fsp3) is 0.182. The number of phenols is 1. The van der Waals surface area contributed by atoms with E-state index in [1.165, 1.54) is 22.3 Å². The van der Waals surface area contributed by atoms with Crippen molar-refractivity contribution in [1.82, 2.24) is 0 Å². The normalized spacial score (nSPS) is 10.9. The summed E-state index contributed by atoms with van der Waals surface area (Å²) in [5.74, 6) is 0.801. The molecule has 0 bridgehead atoms. The molecule has 0 aliphatic heterocycles. The minimum Gasteiger partial charge on any atom is -0.508 e. The van der Waals surface area contributed by atoms with Gasteiger partial charge in [-0.3, -0.25) is 0 Å². The quantitative estimate of drug-likeness (QED) is 0.648. The van der Waals surface area contributed by atoms with Gasteiger partial charge in [-0.2, -0.15) is 0 Å². The first-order valence-corrected chi connectivity index (χ1v) is 8.09. The molecule has 0 aliphatic carbocycles. The molecular formula is C22H22O. The maximum atomic E-state index is 9.55. The van der Waals surface area contributed by atoms with Crippen LogP contribution in [0.1, 0.15) is 36.5 Å². The van der Waals surface area contributed by atoms with E-state index in [9.17, 15) is 5.11 Å². The predicted molar refractivity (Wildman–Crippen MR) is 96.9 cm³/mol. The van der Waals surface area contributed by atoms with E-state index in [-0.39, 0.29) is 0 Å². The standard InChI is InChI=1S/C22H22O/c1-16(2)19-8-9-20(14-17-6-4-3-5-7-17)22(15-19)18-10-12-21(23)13-11-18/h3-13,15-16,23H,14H2,1-2H3. The molecule has 0 fully saturated rings. The Bertz CT molecular complexity index is 771. The van der Waals surface area contributed by atoms with E-state index in [0.29, 0.717) is 11.7 Å². The van der Waals surface area contributed by atoms with Crippen LogP contribution in [0, 0.1) is 0 Å². The van der Waals surface area contributed by atoms with Crippen LogP contribution in [-0.2, 0) is 6.42 Å². The first-order valence-electron chi connectivity index (χ1n) is 8.09. The maximum Gasteiger partial charge on any atom is 0.115 e. The Morgan fingerprint density at radius 3 is 2.17 bits per heavy atom. The van der Waals surface area contributed by atoms with E-state index in [2.05, 4.69) is 56.3 Å². The van der Waals surface area contributed by atoms with Gasteiger partial charge in [-0.05, 0) is 52.3 Å². The minimum absolute atomic E-state index is 0.304. The fourth-order valence-corrected chi connectivity index (χ4v) is 2.83. The molecule has 0 atom stereocenters. The summed E-state index contributed by atoms with van der Waals surface area (Å²) < 4.78 is 0. The molecule has 0 aromatic heterocycles. The van der Waals surface area contributed by atoms with Gasteiger partial charge >= 0.3 is 0 Å². The van der Waals surface area contributed by atoms with E-state index in [1.807, 2.05) is 18.2 Å². The fourth-order valence-electron chi connectivity index (χ4n) is 2.83. The van der Waals surface area contributed by atoms with Crippen LogP contribution in [0.25, 0.3) is 11.1 Å². The van der Waals surface area contributed by atoms with Crippen LogP contribution >= 0.6 is 0 Å². The number of rotatable bonds is 4. The van der Waals surface area contributed by atoms with Crippen molar-refractivity contribution in [2.75, 3.05) is 0 Å². The third-order valence-electron chi connectivity index (χ3n) is 4.22. The summed E-state index contributed by atoms with van der Waals surface area (Å²) in [6, 6.07) is 24.8. The number of hydrogen-bond acceptors (Lipinski definition) is 1. The second kappa shape index (κ2) is 6.70. The van der Waals surface area contributed by atoms with Gasteiger partial charge in [0.15, 0.2) is 0 Å². The Morgan fingerprint density at radius 1 is 0.826 bits per heavy atom. The van der Waals surface area contributed by atoms with E-state index in [1.54, 1.807) is 12.1 Å². The number of hydrogen-bond donors (Lipinski definition) is 1. The van der Waals surface area contributed by atoms with Crippen LogP contribution in [0.3, 0.4) is 0 Å². The Balaban J connectivity index is 2.06. The van der Waals surface area contributed by atoms with Crippen LogP contribution in [0.15, 0.2) is 72.8 Å². The third kappa shape index (κ3) is 3.62. The second-order valence-electron chi connectivity index (χ2n) is 6.28. The zero-order valence-electron chi connectivity index (χ0n) is 13.7. The van der Waals surface area contributed by atoms with Crippen LogP contribution in [0.2, 0.25) is 0 Å². The van der Waals surface area contributed by atoms with E-state index < -0.39 is 0 Å². The summed E-state index contributed by atoms with van der Waals surface area (Å²) in [4.78, 5) is 0. The zero-order valence-corrected chi connectivity index (χ0v) is 13.7. The highest BCUT2D eigenvalue weighted by Crippen LogP contribution is 2.30. The lowest BCUT2D eigenvalue weighted by Gasteiger charge is -2.14. The summed E-state index contributed by atoms with van der Waals surface area (Å²) in [6.07, 6.45) is 0.912. The lowest BCUT2D eigenvalue weighted by Crippen LogP contribution is -1.96. The molecular weight excluding hydrogens is 280 g/mol. The Labute approximate surface area is 138 Å². The highest BCUT2D eigenvalue weighted by atomic mass is 16.3. The summed E-state index contributed by atoms with van der Waals surface area (Å²) in [5, 5.41) is 9.55. The number of phenolic OH excluding ortho intramolecular Hbond substituents is 1. The molecule has 0 spiro atoms. The first-order chi connectivity index (χ1) is 11.1. The van der Waals surface area contributed by atoms with Gasteiger partial charge in [-0.1, -0.05) is 74.5 Å². The molecule has 0 saturated heterocycles. The lowest BCUT2D eigenvalue weighted by atomic mass is 9.90. The average molecular weight is 302 g/mol. The summed E-state index contributed by atoms with van der Waals surface area (Å²) in [6.45, 7) is 4.43. The van der Waals surface area contributed by atoms with Crippen molar-refractivity contribution in [1.29, 1.82) is 0 Å². The molecule has 3 aromatic rings. The highest BCUT2D eigenvalue weighted by molar-refractivity contribution is 5.69. The topological polar surface area (TPSA) is 20.2 Å². The van der Waals surface area contributed by atoms with Crippen molar-refractivity contribution in [2.45, 2.75) is 26.2 Å². The van der Waals surface area contributed by atoms with Gasteiger partial charge in [0, 0.05) is 0 Å². The van der Waals surface area contributed by atoms with Crippen molar-refractivity contribution in [3.63, 3.8) is 0 Å². The monoisotopic (exact) mass is 302 g/mol. The maximum absolute atomic E-state index is 9.55. The number of benzene rings is 3.